The van der Waals surface area contributed by atoms with Crippen molar-refractivity contribution in [1.29, 1.82) is 0 Å². The average Bonchev–Trinajstić information content (AvgIpc) is 2.91. The second-order valence-electron chi connectivity index (χ2n) is 11.9. The first-order chi connectivity index (χ1) is 19.5. The number of pyridine rings is 2. The third-order valence-corrected chi connectivity index (χ3v) is 8.27. The third-order valence-electron chi connectivity index (χ3n) is 8.27. The summed E-state index contributed by atoms with van der Waals surface area (Å²) in [6.07, 6.45) is 6.02. The van der Waals surface area contributed by atoms with E-state index in [1.807, 2.05) is 40.2 Å². The van der Waals surface area contributed by atoms with Gasteiger partial charge in [-0.3, -0.25) is 14.6 Å². The van der Waals surface area contributed by atoms with Crippen molar-refractivity contribution in [3.05, 3.63) is 80.5 Å². The van der Waals surface area contributed by atoms with Crippen molar-refractivity contribution in [2.45, 2.75) is 85.1 Å². The molecule has 0 bridgehead atoms. The van der Waals surface area contributed by atoms with Gasteiger partial charge in [0.15, 0.2) is 0 Å². The highest BCUT2D eigenvalue weighted by atomic mass is 16.1. The zero-order valence-electron chi connectivity index (χ0n) is 25.7. The van der Waals surface area contributed by atoms with Crippen LogP contribution in [0.3, 0.4) is 0 Å². The van der Waals surface area contributed by atoms with E-state index in [0.717, 1.165) is 65.9 Å². The van der Waals surface area contributed by atoms with Crippen LogP contribution in [-0.4, -0.2) is 54.0 Å². The van der Waals surface area contributed by atoms with Gasteiger partial charge in [0.1, 0.15) is 0 Å². The molecule has 41 heavy (non-hydrogen) atoms. The lowest BCUT2D eigenvalue weighted by molar-refractivity contribution is -0.119. The van der Waals surface area contributed by atoms with Crippen LogP contribution in [0, 0.1) is 20.8 Å². The molecule has 3 aromatic rings. The normalized spacial score (nSPS) is 17.1. The van der Waals surface area contributed by atoms with Crippen molar-refractivity contribution in [3.63, 3.8) is 0 Å². The molecule has 0 spiro atoms. The molecule has 1 aromatic carbocycles. The van der Waals surface area contributed by atoms with Gasteiger partial charge in [0.25, 0.3) is 5.56 Å². The number of aromatic nitrogens is 2. The lowest BCUT2D eigenvalue weighted by Gasteiger charge is -2.37. The molecule has 4 rings (SSSR count). The summed E-state index contributed by atoms with van der Waals surface area (Å²) in [5, 5.41) is 6.63. The Morgan fingerprint density at radius 3 is 2.34 bits per heavy atom. The molecule has 8 nitrogen and oxygen atoms in total. The molecule has 0 atom stereocenters. The zero-order valence-corrected chi connectivity index (χ0v) is 25.7. The Kier molecular flexibility index (Phi) is 9.99. The smallest absolute Gasteiger partial charge is 0.252 e. The minimum absolute atomic E-state index is 0.0281. The molecule has 0 radical (unpaired) electrons. The van der Waals surface area contributed by atoms with E-state index >= 15 is 0 Å². The number of amides is 1. The fourth-order valence-electron chi connectivity index (χ4n) is 6.00. The summed E-state index contributed by atoms with van der Waals surface area (Å²) in [6.45, 7) is 9.65. The summed E-state index contributed by atoms with van der Waals surface area (Å²) in [4.78, 5) is 36.3. The number of carbonyl (C=O) groups excluding carboxylic acids is 1. The van der Waals surface area contributed by atoms with Crippen LogP contribution < -0.4 is 21.1 Å². The van der Waals surface area contributed by atoms with Crippen LogP contribution in [0.4, 0.5) is 5.69 Å². The topological polar surface area (TPSA) is 93.4 Å². The van der Waals surface area contributed by atoms with E-state index in [2.05, 4.69) is 63.7 Å². The Labute approximate surface area is 244 Å². The standard InChI is InChI=1S/C33H46N6O2/c1-21-14-22(2)36-33(41)31(21)19-34-17-27-15-26(25-8-9-29(35-18-25)20-38(5)6)16-32(23(27)3)39(7)30-12-10-28(11-13-30)37-24(4)40/h8-9,14-16,18,28,30,34H,10-13,17,19-20H2,1-7H3,(H,36,41)(H,37,40)/t28-,30+. The Morgan fingerprint density at radius 2 is 1.73 bits per heavy atom. The van der Waals surface area contributed by atoms with Crippen LogP contribution in [0.25, 0.3) is 11.1 Å². The molecule has 1 aliphatic rings. The van der Waals surface area contributed by atoms with E-state index in [-0.39, 0.29) is 17.5 Å². The van der Waals surface area contributed by atoms with Gasteiger partial charge >= 0.3 is 0 Å². The molecule has 0 saturated heterocycles. The molecular formula is C33H46N6O2. The molecule has 1 amide bonds. The lowest BCUT2D eigenvalue weighted by atomic mass is 9.89. The SMILES string of the molecule is CC(=O)N[C@H]1CC[C@@H](N(C)c2cc(-c3ccc(CN(C)C)nc3)cc(CNCc3c(C)cc(C)[nH]c3=O)c2C)CC1. The lowest BCUT2D eigenvalue weighted by Crippen LogP contribution is -2.42. The first-order valence-electron chi connectivity index (χ1n) is 14.7. The quantitative estimate of drug-likeness (QED) is 0.337. The Balaban J connectivity index is 1.61. The number of rotatable bonds is 10. The van der Waals surface area contributed by atoms with Gasteiger partial charge in [-0.15, -0.1) is 0 Å². The highest BCUT2D eigenvalue weighted by Gasteiger charge is 2.26. The van der Waals surface area contributed by atoms with Crippen molar-refractivity contribution in [3.8, 4) is 11.1 Å². The zero-order chi connectivity index (χ0) is 29.7. The molecule has 1 saturated carbocycles. The summed E-state index contributed by atoms with van der Waals surface area (Å²) in [5.74, 6) is 0.0514. The summed E-state index contributed by atoms with van der Waals surface area (Å²) >= 11 is 0. The number of aryl methyl sites for hydroxylation is 2. The Hall–Kier alpha value is -3.49. The maximum Gasteiger partial charge on any atom is 0.252 e. The average molecular weight is 559 g/mol. The van der Waals surface area contributed by atoms with Crippen molar-refractivity contribution < 1.29 is 4.79 Å². The van der Waals surface area contributed by atoms with Crippen LogP contribution in [0.15, 0.2) is 41.3 Å². The first-order valence-corrected chi connectivity index (χ1v) is 14.7. The van der Waals surface area contributed by atoms with Gasteiger partial charge in [-0.2, -0.15) is 0 Å². The number of hydrogen-bond acceptors (Lipinski definition) is 6. The van der Waals surface area contributed by atoms with Crippen LogP contribution in [0.1, 0.15) is 66.2 Å². The highest BCUT2D eigenvalue weighted by molar-refractivity contribution is 5.73. The molecule has 8 heteroatoms. The van der Waals surface area contributed by atoms with Crippen LogP contribution in [-0.2, 0) is 24.4 Å². The number of anilines is 1. The number of nitrogens with zero attached hydrogens (tertiary/aromatic N) is 3. The predicted molar refractivity (Wildman–Crippen MR) is 167 cm³/mol. The summed E-state index contributed by atoms with van der Waals surface area (Å²) in [6, 6.07) is 11.5. The van der Waals surface area contributed by atoms with Gasteiger partial charge in [-0.1, -0.05) is 6.07 Å². The maximum absolute atomic E-state index is 12.6. The maximum atomic E-state index is 12.6. The number of nitrogens with one attached hydrogen (secondary N) is 3. The molecule has 3 N–H and O–H groups in total. The van der Waals surface area contributed by atoms with Gasteiger partial charge in [0.05, 0.1) is 5.69 Å². The largest absolute Gasteiger partial charge is 0.371 e. The van der Waals surface area contributed by atoms with E-state index in [0.29, 0.717) is 19.1 Å². The van der Waals surface area contributed by atoms with E-state index in [4.69, 9.17) is 4.98 Å². The minimum Gasteiger partial charge on any atom is -0.371 e. The summed E-state index contributed by atoms with van der Waals surface area (Å²) in [7, 11) is 6.29. The van der Waals surface area contributed by atoms with Gasteiger partial charge in [-0.25, -0.2) is 0 Å². The number of hydrogen-bond donors (Lipinski definition) is 3. The molecular weight excluding hydrogens is 512 g/mol. The monoisotopic (exact) mass is 558 g/mol. The second kappa shape index (κ2) is 13.4. The van der Waals surface area contributed by atoms with Gasteiger partial charge < -0.3 is 25.4 Å². The Morgan fingerprint density at radius 1 is 1.00 bits per heavy atom. The Bertz CT molecular complexity index is 1400. The second-order valence-corrected chi connectivity index (χ2v) is 11.9. The van der Waals surface area contributed by atoms with Crippen molar-refractivity contribution in [2.75, 3.05) is 26.0 Å². The minimum atomic E-state index is -0.0281. The molecule has 2 aromatic heterocycles. The van der Waals surface area contributed by atoms with E-state index in [1.165, 1.54) is 16.8 Å². The van der Waals surface area contributed by atoms with E-state index < -0.39 is 0 Å². The fraction of sp³-hybridized carbons (Fsp3) is 0.485. The molecule has 1 aliphatic carbocycles. The van der Waals surface area contributed by atoms with Crippen molar-refractivity contribution >= 4 is 11.6 Å². The van der Waals surface area contributed by atoms with Gasteiger partial charge in [0.2, 0.25) is 5.91 Å². The molecule has 2 heterocycles. The fourth-order valence-corrected chi connectivity index (χ4v) is 6.00. The van der Waals surface area contributed by atoms with Crippen LogP contribution >= 0.6 is 0 Å². The number of H-pyrrole nitrogens is 1. The number of benzene rings is 1. The number of aromatic amines is 1. The van der Waals surface area contributed by atoms with Gasteiger partial charge in [-0.05, 0) is 107 Å². The highest BCUT2D eigenvalue weighted by Crippen LogP contribution is 2.34. The molecule has 0 aliphatic heterocycles. The first kappa shape index (κ1) is 30.5. The predicted octanol–water partition coefficient (Wildman–Crippen LogP) is 4.60. The summed E-state index contributed by atoms with van der Waals surface area (Å²) < 4.78 is 0. The third kappa shape index (κ3) is 7.83. The van der Waals surface area contributed by atoms with Crippen LogP contribution in [0.5, 0.6) is 0 Å². The van der Waals surface area contributed by atoms with Gasteiger partial charge in [0, 0.05) is 74.4 Å². The van der Waals surface area contributed by atoms with Crippen LogP contribution in [0.2, 0.25) is 0 Å². The molecule has 0 unspecified atom stereocenters. The number of carbonyl (C=O) groups is 1. The van der Waals surface area contributed by atoms with E-state index in [1.54, 1.807) is 6.92 Å². The van der Waals surface area contributed by atoms with E-state index in [9.17, 15) is 9.59 Å². The van der Waals surface area contributed by atoms with Crippen molar-refractivity contribution in [2.24, 2.45) is 0 Å². The summed E-state index contributed by atoms with van der Waals surface area (Å²) in [5.41, 5.74) is 9.54. The molecule has 220 valence electrons. The molecule has 1 fully saturated rings. The van der Waals surface area contributed by atoms with Crippen molar-refractivity contribution in [1.82, 2.24) is 25.5 Å².